The van der Waals surface area contributed by atoms with Crippen molar-refractivity contribution in [2.75, 3.05) is 0 Å². The molecule has 114 valence electrons. The van der Waals surface area contributed by atoms with Gasteiger partial charge < -0.3 is 5.11 Å². The molecule has 0 bridgehead atoms. The number of aliphatic carboxylic acids is 1. The highest BCUT2D eigenvalue weighted by molar-refractivity contribution is 5.85. The Balaban J connectivity index is 2.57. The number of hydrogen-bond donors (Lipinski definition) is 1. The van der Waals surface area contributed by atoms with Crippen LogP contribution in [0.1, 0.15) is 19.4 Å². The summed E-state index contributed by atoms with van der Waals surface area (Å²) in [5.41, 5.74) is 1.13. The number of carbonyl (C=O) groups is 1. The molecule has 0 aliphatic heterocycles. The molecule has 1 N–H and O–H groups in total. The second kappa shape index (κ2) is 6.80. The summed E-state index contributed by atoms with van der Waals surface area (Å²) in [6.45, 7) is 4.41. The molecule has 6 nitrogen and oxygen atoms in total. The third kappa shape index (κ3) is 3.88. The van der Waals surface area contributed by atoms with Crippen molar-refractivity contribution in [3.63, 3.8) is 0 Å². The first-order valence-corrected chi connectivity index (χ1v) is 6.92. The SMILES string of the molecule is CC(C)Cn1nc(-c2ccccn2)cc(/C=C/C(=O)O)c1=O. The lowest BCUT2D eigenvalue weighted by Crippen LogP contribution is -2.27. The molecule has 6 heteroatoms. The van der Waals surface area contributed by atoms with E-state index in [1.165, 1.54) is 10.8 Å². The highest BCUT2D eigenvalue weighted by Gasteiger charge is 2.10. The molecule has 0 amide bonds. The van der Waals surface area contributed by atoms with Crippen LogP contribution in [0.3, 0.4) is 0 Å². The van der Waals surface area contributed by atoms with Gasteiger partial charge in [0, 0.05) is 24.4 Å². The van der Waals surface area contributed by atoms with Crippen LogP contribution in [0.2, 0.25) is 0 Å². The zero-order valence-corrected chi connectivity index (χ0v) is 12.4. The second-order valence-corrected chi connectivity index (χ2v) is 5.25. The van der Waals surface area contributed by atoms with E-state index >= 15 is 0 Å². The molecule has 0 fully saturated rings. The van der Waals surface area contributed by atoms with E-state index in [1.54, 1.807) is 24.4 Å². The largest absolute Gasteiger partial charge is 0.478 e. The number of carboxylic acids is 1. The third-order valence-corrected chi connectivity index (χ3v) is 2.87. The van der Waals surface area contributed by atoms with Crippen LogP contribution in [0.4, 0.5) is 0 Å². The molecule has 2 aromatic heterocycles. The van der Waals surface area contributed by atoms with E-state index in [1.807, 2.05) is 19.9 Å². The third-order valence-electron chi connectivity index (χ3n) is 2.87. The van der Waals surface area contributed by atoms with Gasteiger partial charge in [-0.2, -0.15) is 5.10 Å². The standard InChI is InChI=1S/C16H17N3O3/c1-11(2)10-19-16(22)12(6-7-15(20)21)9-14(18-19)13-5-3-4-8-17-13/h3-9,11H,10H2,1-2H3,(H,20,21)/b7-6+. The fourth-order valence-corrected chi connectivity index (χ4v) is 1.95. The number of carboxylic acid groups (broad SMARTS) is 1. The molecular weight excluding hydrogens is 282 g/mol. The first kappa shape index (κ1) is 15.6. The number of pyridine rings is 1. The number of aromatic nitrogens is 3. The van der Waals surface area contributed by atoms with Gasteiger partial charge in [-0.1, -0.05) is 19.9 Å². The summed E-state index contributed by atoms with van der Waals surface area (Å²) in [6, 6.07) is 6.96. The first-order valence-electron chi connectivity index (χ1n) is 6.92. The molecule has 2 heterocycles. The van der Waals surface area contributed by atoms with Crippen molar-refractivity contribution in [3.8, 4) is 11.4 Å². The van der Waals surface area contributed by atoms with Crippen LogP contribution in [-0.2, 0) is 11.3 Å². The summed E-state index contributed by atoms with van der Waals surface area (Å²) >= 11 is 0. The Hall–Kier alpha value is -2.76. The lowest BCUT2D eigenvalue weighted by Gasteiger charge is -2.10. The van der Waals surface area contributed by atoms with E-state index in [4.69, 9.17) is 5.11 Å². The predicted molar refractivity (Wildman–Crippen MR) is 83.2 cm³/mol. The average molecular weight is 299 g/mol. The summed E-state index contributed by atoms with van der Waals surface area (Å²) in [7, 11) is 0. The summed E-state index contributed by atoms with van der Waals surface area (Å²) in [4.78, 5) is 27.2. The Bertz CT molecular complexity index is 749. The van der Waals surface area contributed by atoms with Gasteiger partial charge in [0.15, 0.2) is 0 Å². The van der Waals surface area contributed by atoms with Crippen LogP contribution in [0, 0.1) is 5.92 Å². The Morgan fingerprint density at radius 2 is 2.14 bits per heavy atom. The number of hydrogen-bond acceptors (Lipinski definition) is 4. The lowest BCUT2D eigenvalue weighted by atomic mass is 10.2. The van der Waals surface area contributed by atoms with E-state index in [-0.39, 0.29) is 17.0 Å². The molecule has 0 saturated heterocycles. The van der Waals surface area contributed by atoms with Gasteiger partial charge in [-0.25, -0.2) is 9.48 Å². The summed E-state index contributed by atoms with van der Waals surface area (Å²) in [5.74, 6) is -0.869. The van der Waals surface area contributed by atoms with Crippen molar-refractivity contribution in [2.45, 2.75) is 20.4 Å². The van der Waals surface area contributed by atoms with Gasteiger partial charge in [0.1, 0.15) is 5.69 Å². The molecule has 0 saturated carbocycles. The minimum Gasteiger partial charge on any atom is -0.478 e. The monoisotopic (exact) mass is 299 g/mol. The average Bonchev–Trinajstić information content (AvgIpc) is 2.48. The van der Waals surface area contributed by atoms with Crippen LogP contribution in [0.5, 0.6) is 0 Å². The first-order chi connectivity index (χ1) is 10.5. The predicted octanol–water partition coefficient (Wildman–Crippen LogP) is 2.06. The Morgan fingerprint density at radius 3 is 2.73 bits per heavy atom. The molecule has 2 rings (SSSR count). The van der Waals surface area contributed by atoms with Gasteiger partial charge in [-0.05, 0) is 30.2 Å². The van der Waals surface area contributed by atoms with Gasteiger partial charge in [-0.3, -0.25) is 9.78 Å². The molecule has 0 spiro atoms. The van der Waals surface area contributed by atoms with Crippen molar-refractivity contribution < 1.29 is 9.90 Å². The van der Waals surface area contributed by atoms with Crippen molar-refractivity contribution in [2.24, 2.45) is 5.92 Å². The molecule has 0 aliphatic carbocycles. The van der Waals surface area contributed by atoms with E-state index in [0.717, 1.165) is 6.08 Å². The van der Waals surface area contributed by atoms with Crippen molar-refractivity contribution in [1.29, 1.82) is 0 Å². The van der Waals surface area contributed by atoms with Crippen LogP contribution in [0.15, 0.2) is 41.3 Å². The minimum absolute atomic E-state index is 0.237. The van der Waals surface area contributed by atoms with E-state index in [0.29, 0.717) is 17.9 Å². The van der Waals surface area contributed by atoms with E-state index < -0.39 is 5.97 Å². The van der Waals surface area contributed by atoms with Crippen LogP contribution in [-0.4, -0.2) is 25.8 Å². The molecular formula is C16H17N3O3. The molecule has 0 aliphatic rings. The summed E-state index contributed by atoms with van der Waals surface area (Å²) in [5, 5.41) is 13.1. The molecule has 22 heavy (non-hydrogen) atoms. The summed E-state index contributed by atoms with van der Waals surface area (Å²) in [6.07, 6.45) is 3.87. The van der Waals surface area contributed by atoms with Crippen LogP contribution in [0.25, 0.3) is 17.5 Å². The maximum Gasteiger partial charge on any atom is 0.328 e. The molecule has 0 unspecified atom stereocenters. The fraction of sp³-hybridized carbons (Fsp3) is 0.250. The number of rotatable bonds is 5. The zero-order chi connectivity index (χ0) is 16.1. The van der Waals surface area contributed by atoms with Crippen LogP contribution < -0.4 is 5.56 Å². The molecule has 0 radical (unpaired) electrons. The molecule has 0 aromatic carbocycles. The Morgan fingerprint density at radius 1 is 1.36 bits per heavy atom. The fourth-order valence-electron chi connectivity index (χ4n) is 1.95. The number of nitrogens with zero attached hydrogens (tertiary/aromatic N) is 3. The van der Waals surface area contributed by atoms with Crippen molar-refractivity contribution >= 4 is 12.0 Å². The van der Waals surface area contributed by atoms with Gasteiger partial charge in [0.05, 0.1) is 5.69 Å². The van der Waals surface area contributed by atoms with E-state index in [2.05, 4.69) is 10.1 Å². The van der Waals surface area contributed by atoms with Gasteiger partial charge in [0.25, 0.3) is 5.56 Å². The quantitative estimate of drug-likeness (QED) is 0.854. The van der Waals surface area contributed by atoms with Crippen molar-refractivity contribution in [1.82, 2.24) is 14.8 Å². The normalized spacial score (nSPS) is 11.2. The lowest BCUT2D eigenvalue weighted by molar-refractivity contribution is -0.131. The Labute approximate surface area is 127 Å². The maximum atomic E-state index is 12.3. The molecule has 0 atom stereocenters. The topological polar surface area (TPSA) is 85.1 Å². The highest BCUT2D eigenvalue weighted by Crippen LogP contribution is 2.14. The van der Waals surface area contributed by atoms with Gasteiger partial charge in [-0.15, -0.1) is 0 Å². The summed E-state index contributed by atoms with van der Waals surface area (Å²) < 4.78 is 1.36. The Kier molecular flexibility index (Phi) is 4.83. The van der Waals surface area contributed by atoms with Crippen molar-refractivity contribution in [3.05, 3.63) is 52.5 Å². The van der Waals surface area contributed by atoms with Crippen LogP contribution >= 0.6 is 0 Å². The smallest absolute Gasteiger partial charge is 0.328 e. The van der Waals surface area contributed by atoms with E-state index in [9.17, 15) is 9.59 Å². The maximum absolute atomic E-state index is 12.3. The second-order valence-electron chi connectivity index (χ2n) is 5.25. The van der Waals surface area contributed by atoms with Gasteiger partial charge in [0.2, 0.25) is 0 Å². The zero-order valence-electron chi connectivity index (χ0n) is 12.4. The van der Waals surface area contributed by atoms with Gasteiger partial charge >= 0.3 is 5.97 Å². The minimum atomic E-state index is -1.11. The highest BCUT2D eigenvalue weighted by atomic mass is 16.4. The molecule has 2 aromatic rings.